The van der Waals surface area contributed by atoms with Crippen molar-refractivity contribution < 1.29 is 18.6 Å². The van der Waals surface area contributed by atoms with Gasteiger partial charge in [0.2, 0.25) is 0 Å². The van der Waals surface area contributed by atoms with E-state index in [1.54, 1.807) is 0 Å². The Kier molecular flexibility index (Phi) is 4.60. The molecule has 0 saturated carbocycles. The van der Waals surface area contributed by atoms with Crippen LogP contribution in [0, 0.1) is 0 Å². The third-order valence-corrected chi connectivity index (χ3v) is 6.22. The van der Waals surface area contributed by atoms with Crippen LogP contribution in [-0.4, -0.2) is 36.6 Å². The SMILES string of the molecule is CC(C)(CCB1OC(C)(C)C(C)(C)O1)B1OC(C)(C)C(C)(C)O1. The van der Waals surface area contributed by atoms with Gasteiger partial charge in [-0.25, -0.2) is 0 Å². The van der Waals surface area contributed by atoms with Crippen molar-refractivity contribution in [3.8, 4) is 0 Å². The van der Waals surface area contributed by atoms with Gasteiger partial charge in [0.15, 0.2) is 0 Å². The number of rotatable bonds is 4. The second-order valence-corrected chi connectivity index (χ2v) is 9.80. The van der Waals surface area contributed by atoms with Gasteiger partial charge in [0.25, 0.3) is 0 Å². The van der Waals surface area contributed by atoms with Crippen molar-refractivity contribution in [2.75, 3.05) is 0 Å². The third kappa shape index (κ3) is 3.51. The van der Waals surface area contributed by atoms with Crippen LogP contribution in [0.2, 0.25) is 11.6 Å². The molecule has 2 fully saturated rings. The molecular formula is C17H34B2O4. The summed E-state index contributed by atoms with van der Waals surface area (Å²) in [5.41, 5.74) is -1.13. The molecule has 0 aliphatic carbocycles. The van der Waals surface area contributed by atoms with Crippen LogP contribution in [-0.2, 0) is 18.6 Å². The smallest absolute Gasteiger partial charge is 0.403 e. The first-order valence-corrected chi connectivity index (χ1v) is 8.81. The highest BCUT2D eigenvalue weighted by Crippen LogP contribution is 2.48. The summed E-state index contributed by atoms with van der Waals surface area (Å²) in [6.45, 7) is 21.1. The summed E-state index contributed by atoms with van der Waals surface area (Å²) >= 11 is 0. The topological polar surface area (TPSA) is 36.9 Å². The zero-order chi connectivity index (χ0) is 17.9. The van der Waals surface area contributed by atoms with Crippen molar-refractivity contribution in [1.82, 2.24) is 0 Å². The monoisotopic (exact) mass is 324 g/mol. The van der Waals surface area contributed by atoms with Crippen LogP contribution in [0.25, 0.3) is 0 Å². The van der Waals surface area contributed by atoms with Crippen LogP contribution in [0.15, 0.2) is 0 Å². The van der Waals surface area contributed by atoms with Crippen LogP contribution in [0.1, 0.15) is 75.7 Å². The zero-order valence-electron chi connectivity index (χ0n) is 16.7. The molecule has 0 aromatic carbocycles. The minimum absolute atomic E-state index is 0.103. The van der Waals surface area contributed by atoms with Crippen LogP contribution >= 0.6 is 0 Å². The van der Waals surface area contributed by atoms with Gasteiger partial charge < -0.3 is 18.6 Å². The Labute approximate surface area is 143 Å². The lowest BCUT2D eigenvalue weighted by molar-refractivity contribution is 0.00578. The molecule has 0 bridgehead atoms. The molecule has 2 aliphatic rings. The van der Waals surface area contributed by atoms with Gasteiger partial charge >= 0.3 is 14.2 Å². The quantitative estimate of drug-likeness (QED) is 0.721. The average molecular weight is 324 g/mol. The molecular weight excluding hydrogens is 290 g/mol. The fourth-order valence-corrected chi connectivity index (χ4v) is 2.85. The summed E-state index contributed by atoms with van der Waals surface area (Å²) in [5.74, 6) is 0. The summed E-state index contributed by atoms with van der Waals surface area (Å²) in [5, 5.41) is -0.103. The molecule has 0 aromatic heterocycles. The van der Waals surface area contributed by atoms with Gasteiger partial charge in [-0.1, -0.05) is 20.3 Å². The maximum Gasteiger partial charge on any atom is 0.463 e. The summed E-state index contributed by atoms with van der Waals surface area (Å²) in [6.07, 6.45) is 1.75. The van der Waals surface area contributed by atoms with E-state index in [0.717, 1.165) is 12.7 Å². The minimum Gasteiger partial charge on any atom is -0.403 e. The summed E-state index contributed by atoms with van der Waals surface area (Å²) < 4.78 is 24.6. The van der Waals surface area contributed by atoms with Crippen molar-refractivity contribution in [1.29, 1.82) is 0 Å². The highest BCUT2D eigenvalue weighted by molar-refractivity contribution is 6.50. The molecule has 0 amide bonds. The van der Waals surface area contributed by atoms with E-state index < -0.39 is 0 Å². The molecule has 0 N–H and O–H groups in total. The van der Waals surface area contributed by atoms with Gasteiger partial charge in [-0.05, 0) is 67.0 Å². The molecule has 2 rings (SSSR count). The van der Waals surface area contributed by atoms with E-state index in [-0.39, 0.29) is 42.0 Å². The molecule has 23 heavy (non-hydrogen) atoms. The number of hydrogen-bond donors (Lipinski definition) is 0. The summed E-state index contributed by atoms with van der Waals surface area (Å²) in [4.78, 5) is 0. The molecule has 2 aliphatic heterocycles. The molecule has 132 valence electrons. The molecule has 6 heteroatoms. The van der Waals surface area contributed by atoms with Crippen molar-refractivity contribution in [2.24, 2.45) is 0 Å². The van der Waals surface area contributed by atoms with Crippen LogP contribution in [0.3, 0.4) is 0 Å². The molecule has 0 atom stereocenters. The van der Waals surface area contributed by atoms with Gasteiger partial charge in [0.1, 0.15) is 0 Å². The lowest BCUT2D eigenvalue weighted by atomic mass is 9.55. The third-order valence-electron chi connectivity index (χ3n) is 6.22. The van der Waals surface area contributed by atoms with Crippen molar-refractivity contribution in [3.63, 3.8) is 0 Å². The lowest BCUT2D eigenvalue weighted by Gasteiger charge is -2.32. The van der Waals surface area contributed by atoms with Crippen LogP contribution in [0.5, 0.6) is 0 Å². The Morgan fingerprint density at radius 2 is 1.00 bits per heavy atom. The van der Waals surface area contributed by atoms with Gasteiger partial charge in [-0.2, -0.15) is 0 Å². The first kappa shape index (κ1) is 19.3. The average Bonchev–Trinajstić information content (AvgIpc) is 2.67. The van der Waals surface area contributed by atoms with Gasteiger partial charge in [-0.15, -0.1) is 0 Å². The van der Waals surface area contributed by atoms with E-state index in [4.69, 9.17) is 18.6 Å². The van der Waals surface area contributed by atoms with E-state index in [9.17, 15) is 0 Å². The molecule has 0 unspecified atom stereocenters. The van der Waals surface area contributed by atoms with E-state index in [1.807, 2.05) is 0 Å². The highest BCUT2D eigenvalue weighted by Gasteiger charge is 2.57. The van der Waals surface area contributed by atoms with Gasteiger partial charge in [0.05, 0.1) is 22.4 Å². The number of hydrogen-bond acceptors (Lipinski definition) is 4. The van der Waals surface area contributed by atoms with E-state index >= 15 is 0 Å². The normalized spacial score (nSPS) is 28.4. The fraction of sp³-hybridized carbons (Fsp3) is 1.00. The summed E-state index contributed by atoms with van der Waals surface area (Å²) in [7, 11) is -0.378. The predicted molar refractivity (Wildman–Crippen MR) is 95.6 cm³/mol. The van der Waals surface area contributed by atoms with Crippen molar-refractivity contribution in [2.45, 2.75) is 110 Å². The van der Waals surface area contributed by atoms with E-state index in [1.165, 1.54) is 0 Å². The highest BCUT2D eigenvalue weighted by atomic mass is 16.7. The predicted octanol–water partition coefficient (Wildman–Crippen LogP) is 4.34. The van der Waals surface area contributed by atoms with Crippen LogP contribution in [0.4, 0.5) is 0 Å². The van der Waals surface area contributed by atoms with Gasteiger partial charge in [0, 0.05) is 0 Å². The van der Waals surface area contributed by atoms with Crippen molar-refractivity contribution >= 4 is 14.2 Å². The minimum atomic E-state index is -0.292. The Hall–Kier alpha value is -0.0301. The fourth-order valence-electron chi connectivity index (χ4n) is 2.85. The molecule has 0 radical (unpaired) electrons. The second-order valence-electron chi connectivity index (χ2n) is 9.80. The molecule has 4 nitrogen and oxygen atoms in total. The Morgan fingerprint density at radius 1 is 0.652 bits per heavy atom. The Bertz CT molecular complexity index is 426. The maximum atomic E-state index is 6.22. The first-order chi connectivity index (χ1) is 10.1. The standard InChI is InChI=1S/C17H34B2O4/c1-13(2,19-22-16(7,8)17(9,10)23-19)11-12-18-20-14(3,4)15(5,6)21-18/h11-12H2,1-10H3. The van der Waals surface area contributed by atoms with Crippen LogP contribution < -0.4 is 0 Å². The molecule has 0 spiro atoms. The van der Waals surface area contributed by atoms with E-state index in [0.29, 0.717) is 0 Å². The lowest BCUT2D eigenvalue weighted by Crippen LogP contribution is -2.41. The molecule has 0 aromatic rings. The summed E-state index contributed by atoms with van der Waals surface area (Å²) in [6, 6.07) is 0. The molecule has 2 saturated heterocycles. The maximum absolute atomic E-state index is 6.22. The van der Waals surface area contributed by atoms with Gasteiger partial charge in [-0.3, -0.25) is 0 Å². The largest absolute Gasteiger partial charge is 0.463 e. The second kappa shape index (κ2) is 5.48. The zero-order valence-corrected chi connectivity index (χ0v) is 16.7. The molecule has 2 heterocycles. The first-order valence-electron chi connectivity index (χ1n) is 8.81. The van der Waals surface area contributed by atoms with E-state index in [2.05, 4.69) is 69.2 Å². The Morgan fingerprint density at radius 3 is 1.39 bits per heavy atom. The van der Waals surface area contributed by atoms with Crippen molar-refractivity contribution in [3.05, 3.63) is 0 Å². The Balaban J connectivity index is 1.96.